The van der Waals surface area contributed by atoms with Crippen molar-refractivity contribution >= 4 is 23.2 Å². The van der Waals surface area contributed by atoms with Gasteiger partial charge in [-0.05, 0) is 31.0 Å². The van der Waals surface area contributed by atoms with E-state index >= 15 is 0 Å². The number of hydrogen-bond acceptors (Lipinski definition) is 3. The molecule has 1 aliphatic rings. The molecule has 21 heavy (non-hydrogen) atoms. The number of nitrogens with one attached hydrogen (secondary N) is 1. The summed E-state index contributed by atoms with van der Waals surface area (Å²) < 4.78 is 0. The highest BCUT2D eigenvalue weighted by Crippen LogP contribution is 2.28. The summed E-state index contributed by atoms with van der Waals surface area (Å²) >= 11 is 0. The van der Waals surface area contributed by atoms with Gasteiger partial charge in [-0.3, -0.25) is 9.59 Å². The summed E-state index contributed by atoms with van der Waals surface area (Å²) in [4.78, 5) is 28.4. The molecule has 1 aromatic rings. The van der Waals surface area contributed by atoms with Gasteiger partial charge in [0.05, 0.1) is 0 Å². The monoisotopic (exact) mass is 289 g/mol. The average Bonchev–Trinajstić information content (AvgIpc) is 2.49. The fourth-order valence-corrected chi connectivity index (χ4v) is 2.71. The molecule has 0 spiro atoms. The highest BCUT2D eigenvalue weighted by molar-refractivity contribution is 6.09. The number of amides is 2. The minimum absolute atomic E-state index is 0.0250. The van der Waals surface area contributed by atoms with E-state index < -0.39 is 5.54 Å². The average molecular weight is 289 g/mol. The summed E-state index contributed by atoms with van der Waals surface area (Å²) in [5, 5.41) is 2.88. The first-order chi connectivity index (χ1) is 9.93. The Morgan fingerprint density at radius 2 is 1.90 bits per heavy atom. The zero-order chi connectivity index (χ0) is 15.6. The van der Waals surface area contributed by atoms with E-state index in [0.717, 1.165) is 11.4 Å². The van der Waals surface area contributed by atoms with Crippen molar-refractivity contribution in [1.82, 2.24) is 5.32 Å². The van der Waals surface area contributed by atoms with Crippen LogP contribution in [0.5, 0.6) is 0 Å². The maximum absolute atomic E-state index is 12.8. The molecule has 0 unspecified atom stereocenters. The van der Waals surface area contributed by atoms with E-state index in [-0.39, 0.29) is 18.4 Å². The van der Waals surface area contributed by atoms with Gasteiger partial charge in [0.25, 0.3) is 5.91 Å². The molecule has 0 radical (unpaired) electrons. The number of piperazine rings is 1. The number of benzene rings is 1. The number of carbonyl (C=O) groups excluding carboxylic acids is 2. The highest BCUT2D eigenvalue weighted by atomic mass is 16.2. The summed E-state index contributed by atoms with van der Waals surface area (Å²) in [6.45, 7) is 3.94. The quantitative estimate of drug-likeness (QED) is 0.919. The van der Waals surface area contributed by atoms with Gasteiger partial charge in [0, 0.05) is 25.5 Å². The van der Waals surface area contributed by atoms with Gasteiger partial charge in [-0.25, -0.2) is 0 Å². The molecule has 0 aliphatic carbocycles. The van der Waals surface area contributed by atoms with Crippen molar-refractivity contribution in [3.05, 3.63) is 24.3 Å². The lowest BCUT2D eigenvalue weighted by Crippen LogP contribution is -2.66. The Morgan fingerprint density at radius 1 is 1.24 bits per heavy atom. The van der Waals surface area contributed by atoms with Gasteiger partial charge < -0.3 is 15.1 Å². The number of nitrogens with zero attached hydrogens (tertiary/aromatic N) is 2. The van der Waals surface area contributed by atoms with Crippen LogP contribution in [0.4, 0.5) is 11.4 Å². The molecule has 0 atom stereocenters. The van der Waals surface area contributed by atoms with Crippen LogP contribution in [0.3, 0.4) is 0 Å². The summed E-state index contributed by atoms with van der Waals surface area (Å²) in [7, 11) is 3.90. The van der Waals surface area contributed by atoms with Crippen LogP contribution in [0.25, 0.3) is 0 Å². The van der Waals surface area contributed by atoms with Crippen LogP contribution in [0.15, 0.2) is 24.3 Å². The maximum Gasteiger partial charge on any atom is 0.253 e. The first kappa shape index (κ1) is 15.4. The lowest BCUT2D eigenvalue weighted by Gasteiger charge is -2.41. The molecule has 1 N–H and O–H groups in total. The van der Waals surface area contributed by atoms with Gasteiger partial charge >= 0.3 is 0 Å². The number of hydrogen-bond donors (Lipinski definition) is 1. The van der Waals surface area contributed by atoms with Crippen LogP contribution in [0.1, 0.15) is 26.7 Å². The van der Waals surface area contributed by atoms with E-state index in [2.05, 4.69) is 5.32 Å². The molecule has 2 amide bonds. The number of carbonyl (C=O) groups is 2. The minimum atomic E-state index is -0.774. The minimum Gasteiger partial charge on any atom is -0.378 e. The van der Waals surface area contributed by atoms with Crippen molar-refractivity contribution in [3.8, 4) is 0 Å². The molecule has 1 saturated heterocycles. The Labute approximate surface area is 125 Å². The molecular formula is C16H23N3O2. The number of anilines is 2. The molecule has 1 aromatic carbocycles. The SMILES string of the molecule is CCC1(CC)NC(=O)CN(c2cccc(N(C)C)c2)C1=O. The van der Waals surface area contributed by atoms with E-state index in [1.807, 2.05) is 57.1 Å². The first-order valence-corrected chi connectivity index (χ1v) is 7.34. The smallest absolute Gasteiger partial charge is 0.253 e. The molecule has 0 bridgehead atoms. The van der Waals surface area contributed by atoms with Crippen molar-refractivity contribution in [1.29, 1.82) is 0 Å². The van der Waals surface area contributed by atoms with E-state index in [1.165, 1.54) is 0 Å². The third-order valence-corrected chi connectivity index (χ3v) is 4.20. The van der Waals surface area contributed by atoms with E-state index in [4.69, 9.17) is 0 Å². The predicted molar refractivity (Wildman–Crippen MR) is 84.6 cm³/mol. The highest BCUT2D eigenvalue weighted by Gasteiger charge is 2.44. The van der Waals surface area contributed by atoms with Gasteiger partial charge in [0.2, 0.25) is 5.91 Å². The molecule has 1 aliphatic heterocycles. The topological polar surface area (TPSA) is 52.7 Å². The van der Waals surface area contributed by atoms with Crippen LogP contribution in [0, 0.1) is 0 Å². The second-order valence-corrected chi connectivity index (χ2v) is 5.64. The molecule has 1 heterocycles. The second-order valence-electron chi connectivity index (χ2n) is 5.64. The summed E-state index contributed by atoms with van der Waals surface area (Å²) in [6.07, 6.45) is 1.19. The van der Waals surface area contributed by atoms with Crippen LogP contribution >= 0.6 is 0 Å². The normalized spacial score (nSPS) is 17.6. The van der Waals surface area contributed by atoms with Crippen LogP contribution in [0.2, 0.25) is 0 Å². The molecule has 5 nitrogen and oxygen atoms in total. The van der Waals surface area contributed by atoms with Gasteiger partial charge in [-0.2, -0.15) is 0 Å². The Balaban J connectivity index is 2.40. The number of rotatable bonds is 4. The van der Waals surface area contributed by atoms with Crippen LogP contribution < -0.4 is 15.1 Å². The third-order valence-electron chi connectivity index (χ3n) is 4.20. The zero-order valence-electron chi connectivity index (χ0n) is 13.1. The molecular weight excluding hydrogens is 266 g/mol. The van der Waals surface area contributed by atoms with Crippen LogP contribution in [-0.4, -0.2) is 38.0 Å². The Bertz CT molecular complexity index is 550. The van der Waals surface area contributed by atoms with Crippen molar-refractivity contribution in [2.24, 2.45) is 0 Å². The molecule has 0 aromatic heterocycles. The largest absolute Gasteiger partial charge is 0.378 e. The zero-order valence-corrected chi connectivity index (χ0v) is 13.1. The Morgan fingerprint density at radius 3 is 2.48 bits per heavy atom. The summed E-state index contributed by atoms with van der Waals surface area (Å²) in [5.41, 5.74) is 1.00. The van der Waals surface area contributed by atoms with Crippen molar-refractivity contribution in [2.75, 3.05) is 30.4 Å². The second kappa shape index (κ2) is 5.76. The van der Waals surface area contributed by atoms with Gasteiger partial charge in [0.1, 0.15) is 12.1 Å². The molecule has 5 heteroatoms. The standard InChI is InChI=1S/C16H23N3O2/c1-5-16(6-2)15(21)19(11-14(20)17-16)13-9-7-8-12(10-13)18(3)4/h7-10H,5-6,11H2,1-4H3,(H,17,20). The lowest BCUT2D eigenvalue weighted by molar-refractivity contribution is -0.136. The lowest BCUT2D eigenvalue weighted by atomic mass is 9.88. The van der Waals surface area contributed by atoms with Crippen molar-refractivity contribution in [3.63, 3.8) is 0 Å². The molecule has 0 saturated carbocycles. The van der Waals surface area contributed by atoms with E-state index in [9.17, 15) is 9.59 Å². The maximum atomic E-state index is 12.8. The Hall–Kier alpha value is -2.04. The third kappa shape index (κ3) is 2.73. The van der Waals surface area contributed by atoms with E-state index in [1.54, 1.807) is 4.90 Å². The van der Waals surface area contributed by atoms with Gasteiger partial charge in [-0.15, -0.1) is 0 Å². The fourth-order valence-electron chi connectivity index (χ4n) is 2.71. The van der Waals surface area contributed by atoms with Gasteiger partial charge in [0.15, 0.2) is 0 Å². The summed E-state index contributed by atoms with van der Waals surface area (Å²) in [6, 6.07) is 7.70. The molecule has 2 rings (SSSR count). The fraction of sp³-hybridized carbons (Fsp3) is 0.500. The predicted octanol–water partition coefficient (Wildman–Crippen LogP) is 1.77. The van der Waals surface area contributed by atoms with Crippen LogP contribution in [-0.2, 0) is 9.59 Å². The van der Waals surface area contributed by atoms with Crippen molar-refractivity contribution in [2.45, 2.75) is 32.2 Å². The first-order valence-electron chi connectivity index (χ1n) is 7.34. The molecule has 114 valence electrons. The Kier molecular flexibility index (Phi) is 4.21. The van der Waals surface area contributed by atoms with E-state index in [0.29, 0.717) is 12.8 Å². The van der Waals surface area contributed by atoms with Gasteiger partial charge in [-0.1, -0.05) is 19.9 Å². The van der Waals surface area contributed by atoms with Crippen molar-refractivity contribution < 1.29 is 9.59 Å². The molecule has 1 fully saturated rings. The summed E-state index contributed by atoms with van der Waals surface area (Å²) in [5.74, 6) is -0.128.